The predicted octanol–water partition coefficient (Wildman–Crippen LogP) is 4.30. The van der Waals surface area contributed by atoms with Crippen molar-refractivity contribution in [1.82, 2.24) is 4.98 Å². The fraction of sp³-hybridized carbons (Fsp3) is 0.278. The van der Waals surface area contributed by atoms with E-state index in [0.29, 0.717) is 22.8 Å². The zero-order valence-corrected chi connectivity index (χ0v) is 14.6. The van der Waals surface area contributed by atoms with Crippen LogP contribution in [0, 0.1) is 12.3 Å². The number of nitrogens with one attached hydrogen (secondary N) is 2. The number of halogens is 2. The average molecular weight is 363 g/mol. The molecule has 0 aliphatic heterocycles. The Balaban J connectivity index is 2.39. The zero-order valence-electron chi connectivity index (χ0n) is 14.6. The fourth-order valence-electron chi connectivity index (χ4n) is 2.37. The molecule has 26 heavy (non-hydrogen) atoms. The molecule has 0 amide bonds. The largest absolute Gasteiger partial charge is 0.462 e. The number of alkyl halides is 2. The molecule has 0 bridgehead atoms. The number of hydrogen-bond donors (Lipinski definition) is 2. The topological polar surface area (TPSA) is 84.3 Å². The number of aromatic nitrogens is 1. The lowest BCUT2D eigenvalue weighted by Crippen LogP contribution is -2.14. The van der Waals surface area contributed by atoms with Gasteiger partial charge < -0.3 is 20.2 Å². The van der Waals surface area contributed by atoms with Crippen LogP contribution in [0.25, 0.3) is 0 Å². The van der Waals surface area contributed by atoms with E-state index in [4.69, 9.17) is 10.1 Å². The van der Waals surface area contributed by atoms with Crippen molar-refractivity contribution in [2.24, 2.45) is 0 Å². The van der Waals surface area contributed by atoms with Gasteiger partial charge in [-0.3, -0.25) is 0 Å². The molecule has 0 spiro atoms. The normalized spacial score (nSPS) is 10.5. The molecule has 0 atom stereocenters. The number of pyridine rings is 1. The summed E-state index contributed by atoms with van der Waals surface area (Å²) >= 11 is 0. The van der Waals surface area contributed by atoms with Crippen LogP contribution in [0.4, 0.5) is 20.3 Å². The maximum absolute atomic E-state index is 12.2. The van der Waals surface area contributed by atoms with Gasteiger partial charge in [-0.25, -0.2) is 9.78 Å². The SMILES string of the molecule is CCOC(=O)c1cc(C)nc(Nc2ccc(OC(F)F)cc2)c1C(C)=N. The molecule has 0 saturated heterocycles. The number of rotatable bonds is 7. The van der Waals surface area contributed by atoms with Crippen LogP contribution in [0.15, 0.2) is 30.3 Å². The van der Waals surface area contributed by atoms with Gasteiger partial charge in [0.05, 0.1) is 17.7 Å². The minimum Gasteiger partial charge on any atom is -0.462 e. The molecule has 138 valence electrons. The highest BCUT2D eigenvalue weighted by atomic mass is 19.3. The summed E-state index contributed by atoms with van der Waals surface area (Å²) in [7, 11) is 0. The van der Waals surface area contributed by atoms with Crippen molar-refractivity contribution in [3.63, 3.8) is 0 Å². The smallest absolute Gasteiger partial charge is 0.387 e. The standard InChI is InChI=1S/C18H19F2N3O3/c1-4-25-17(24)14-9-10(2)22-16(15(14)11(3)21)23-12-5-7-13(8-6-12)26-18(19)20/h5-9,18,21H,4H2,1-3H3,(H,22,23). The highest BCUT2D eigenvalue weighted by Crippen LogP contribution is 2.26. The van der Waals surface area contributed by atoms with Crippen LogP contribution < -0.4 is 10.1 Å². The molecular formula is C18H19F2N3O3. The third-order valence-corrected chi connectivity index (χ3v) is 3.36. The molecule has 2 rings (SSSR count). The minimum absolute atomic E-state index is 0.0263. The van der Waals surface area contributed by atoms with Crippen molar-refractivity contribution in [3.05, 3.63) is 47.2 Å². The van der Waals surface area contributed by atoms with Crippen molar-refractivity contribution in [1.29, 1.82) is 5.41 Å². The van der Waals surface area contributed by atoms with Crippen LogP contribution in [-0.4, -0.2) is 29.9 Å². The summed E-state index contributed by atoms with van der Waals surface area (Å²) in [4.78, 5) is 16.6. The number of esters is 1. The summed E-state index contributed by atoms with van der Waals surface area (Å²) < 4.78 is 33.8. The third kappa shape index (κ3) is 4.75. The molecule has 0 unspecified atom stereocenters. The van der Waals surface area contributed by atoms with E-state index < -0.39 is 12.6 Å². The number of anilines is 2. The Bertz CT molecular complexity index is 808. The Labute approximate surface area is 149 Å². The Hall–Kier alpha value is -3.03. The van der Waals surface area contributed by atoms with Crippen LogP contribution >= 0.6 is 0 Å². The van der Waals surface area contributed by atoms with Crippen molar-refractivity contribution >= 4 is 23.2 Å². The quantitative estimate of drug-likeness (QED) is 0.566. The molecule has 0 aliphatic rings. The van der Waals surface area contributed by atoms with Crippen molar-refractivity contribution < 1.29 is 23.0 Å². The molecule has 1 heterocycles. The molecule has 1 aromatic heterocycles. The summed E-state index contributed by atoms with van der Waals surface area (Å²) in [6, 6.07) is 7.40. The second kappa shape index (κ2) is 8.37. The first-order chi connectivity index (χ1) is 12.3. The summed E-state index contributed by atoms with van der Waals surface area (Å²) in [5.74, 6) is -0.204. The monoisotopic (exact) mass is 363 g/mol. The van der Waals surface area contributed by atoms with E-state index in [1.54, 1.807) is 26.8 Å². The lowest BCUT2D eigenvalue weighted by molar-refractivity contribution is -0.0498. The van der Waals surface area contributed by atoms with Gasteiger partial charge in [-0.15, -0.1) is 0 Å². The molecule has 0 aliphatic carbocycles. The van der Waals surface area contributed by atoms with Gasteiger partial charge in [-0.05, 0) is 51.1 Å². The Morgan fingerprint density at radius 3 is 2.50 bits per heavy atom. The van der Waals surface area contributed by atoms with Gasteiger partial charge in [0.25, 0.3) is 0 Å². The molecule has 6 nitrogen and oxygen atoms in total. The molecule has 0 fully saturated rings. The Kier molecular flexibility index (Phi) is 6.21. The van der Waals surface area contributed by atoms with Crippen LogP contribution in [0.1, 0.15) is 35.5 Å². The Morgan fingerprint density at radius 2 is 1.96 bits per heavy atom. The summed E-state index contributed by atoms with van der Waals surface area (Å²) in [6.07, 6.45) is 0. The lowest BCUT2D eigenvalue weighted by atomic mass is 10.0. The average Bonchev–Trinajstić information content (AvgIpc) is 2.55. The van der Waals surface area contributed by atoms with E-state index in [1.165, 1.54) is 24.3 Å². The van der Waals surface area contributed by atoms with Crippen LogP contribution in [0.2, 0.25) is 0 Å². The predicted molar refractivity (Wildman–Crippen MR) is 93.8 cm³/mol. The highest BCUT2D eigenvalue weighted by Gasteiger charge is 2.20. The maximum atomic E-state index is 12.2. The van der Waals surface area contributed by atoms with Gasteiger partial charge in [0.2, 0.25) is 0 Å². The molecule has 8 heteroatoms. The molecule has 0 radical (unpaired) electrons. The Morgan fingerprint density at radius 1 is 1.31 bits per heavy atom. The molecular weight excluding hydrogens is 344 g/mol. The van der Waals surface area contributed by atoms with Gasteiger partial charge in [0.1, 0.15) is 11.6 Å². The number of ether oxygens (including phenoxy) is 2. The number of aryl methyl sites for hydroxylation is 1. The second-order valence-electron chi connectivity index (χ2n) is 5.41. The lowest BCUT2D eigenvalue weighted by Gasteiger charge is -2.15. The first kappa shape index (κ1) is 19.3. The molecule has 1 aromatic carbocycles. The molecule has 2 aromatic rings. The van der Waals surface area contributed by atoms with Gasteiger partial charge in [-0.2, -0.15) is 8.78 Å². The van der Waals surface area contributed by atoms with Gasteiger partial charge in [0, 0.05) is 17.1 Å². The van der Waals surface area contributed by atoms with Crippen LogP contribution in [0.3, 0.4) is 0 Å². The summed E-state index contributed by atoms with van der Waals surface area (Å²) in [6.45, 7) is 2.28. The number of carbonyl (C=O) groups excluding carboxylic acids is 1. The van der Waals surface area contributed by atoms with Gasteiger partial charge in [0.15, 0.2) is 0 Å². The van der Waals surface area contributed by atoms with Gasteiger partial charge in [-0.1, -0.05) is 0 Å². The number of nitrogens with zero attached hydrogens (tertiary/aromatic N) is 1. The van der Waals surface area contributed by atoms with E-state index in [2.05, 4.69) is 15.0 Å². The zero-order chi connectivity index (χ0) is 19.3. The van der Waals surface area contributed by atoms with E-state index in [9.17, 15) is 13.6 Å². The van der Waals surface area contributed by atoms with E-state index >= 15 is 0 Å². The minimum atomic E-state index is -2.90. The second-order valence-corrected chi connectivity index (χ2v) is 5.41. The van der Waals surface area contributed by atoms with E-state index in [1.807, 2.05) is 0 Å². The maximum Gasteiger partial charge on any atom is 0.387 e. The number of carbonyl (C=O) groups is 1. The van der Waals surface area contributed by atoms with Crippen LogP contribution in [0.5, 0.6) is 5.75 Å². The third-order valence-electron chi connectivity index (χ3n) is 3.36. The first-order valence-corrected chi connectivity index (χ1v) is 7.88. The fourth-order valence-corrected chi connectivity index (χ4v) is 2.37. The number of benzene rings is 1. The van der Waals surface area contributed by atoms with Crippen molar-refractivity contribution in [2.75, 3.05) is 11.9 Å². The number of hydrogen-bond acceptors (Lipinski definition) is 6. The molecule has 2 N–H and O–H groups in total. The van der Waals surface area contributed by atoms with E-state index in [0.717, 1.165) is 0 Å². The van der Waals surface area contributed by atoms with Gasteiger partial charge >= 0.3 is 12.6 Å². The first-order valence-electron chi connectivity index (χ1n) is 7.88. The van der Waals surface area contributed by atoms with Crippen LogP contribution in [-0.2, 0) is 4.74 Å². The van der Waals surface area contributed by atoms with Crippen molar-refractivity contribution in [3.8, 4) is 5.75 Å². The summed E-state index contributed by atoms with van der Waals surface area (Å²) in [5, 5.41) is 11.0. The van der Waals surface area contributed by atoms with Crippen molar-refractivity contribution in [2.45, 2.75) is 27.4 Å². The summed E-state index contributed by atoms with van der Waals surface area (Å²) in [5.41, 5.74) is 1.81. The highest BCUT2D eigenvalue weighted by molar-refractivity contribution is 6.10. The molecule has 0 saturated carbocycles. The van der Waals surface area contributed by atoms with E-state index in [-0.39, 0.29) is 23.6 Å².